The van der Waals surface area contributed by atoms with Crippen molar-refractivity contribution in [1.82, 2.24) is 16.0 Å². The van der Waals surface area contributed by atoms with Crippen molar-refractivity contribution in [2.75, 3.05) is 36.3 Å². The van der Waals surface area contributed by atoms with Crippen LogP contribution in [0.3, 0.4) is 0 Å². The van der Waals surface area contributed by atoms with Crippen LogP contribution in [0.1, 0.15) is 32.1 Å². The minimum absolute atomic E-state index is 0.119. The number of carbonyl (C=O) groups excluding carboxylic acids is 3. The van der Waals surface area contributed by atoms with Crippen LogP contribution < -0.4 is 27.4 Å². The van der Waals surface area contributed by atoms with Crippen LogP contribution in [0.4, 0.5) is 0 Å². The van der Waals surface area contributed by atoms with Gasteiger partial charge in [0, 0.05) is 5.75 Å². The predicted octanol–water partition coefficient (Wildman–Crippen LogP) is -0.582. The third-order valence-corrected chi connectivity index (χ3v) is 6.26. The van der Waals surface area contributed by atoms with Crippen LogP contribution >= 0.6 is 36.2 Å². The van der Waals surface area contributed by atoms with Crippen molar-refractivity contribution >= 4 is 59.8 Å². The van der Waals surface area contributed by atoms with E-state index >= 15 is 0 Å². The second kappa shape index (κ2) is 18.3. The molecule has 32 heavy (non-hydrogen) atoms. The van der Waals surface area contributed by atoms with Gasteiger partial charge in [-0.2, -0.15) is 36.2 Å². The Labute approximate surface area is 203 Å². The number of nitrogens with two attached hydrogens (primary N) is 2. The maximum atomic E-state index is 12.9. The van der Waals surface area contributed by atoms with Gasteiger partial charge in [0.15, 0.2) is 0 Å². The minimum Gasteiger partial charge on any atom is -0.480 e. The average molecular weight is 512 g/mol. The smallest absolute Gasteiger partial charge is 0.326 e. The van der Waals surface area contributed by atoms with E-state index in [4.69, 9.17) is 11.5 Å². The molecule has 0 aliphatic carbocycles. The average Bonchev–Trinajstić information content (AvgIpc) is 2.77. The van der Waals surface area contributed by atoms with E-state index in [0.717, 1.165) is 0 Å². The Morgan fingerprint density at radius 1 is 0.844 bits per heavy atom. The van der Waals surface area contributed by atoms with Gasteiger partial charge in [0.2, 0.25) is 17.7 Å². The highest BCUT2D eigenvalue weighted by molar-refractivity contribution is 7.98. The number of thiol groups is 1. The second-order valence-electron chi connectivity index (χ2n) is 7.16. The van der Waals surface area contributed by atoms with E-state index in [2.05, 4.69) is 28.6 Å². The van der Waals surface area contributed by atoms with Gasteiger partial charge < -0.3 is 32.5 Å². The van der Waals surface area contributed by atoms with E-state index in [-0.39, 0.29) is 12.2 Å². The van der Waals surface area contributed by atoms with Gasteiger partial charge in [-0.25, -0.2) is 4.79 Å². The lowest BCUT2D eigenvalue weighted by atomic mass is 10.1. The molecule has 0 saturated carbocycles. The molecular weight excluding hydrogens is 474 g/mol. The summed E-state index contributed by atoms with van der Waals surface area (Å²) in [4.78, 5) is 49.4. The fraction of sp³-hybridized carbons (Fsp3) is 0.789. The van der Waals surface area contributed by atoms with Gasteiger partial charge in [-0.3, -0.25) is 14.4 Å². The summed E-state index contributed by atoms with van der Waals surface area (Å²) in [5.74, 6) is -1.47. The van der Waals surface area contributed by atoms with Crippen LogP contribution in [-0.2, 0) is 19.2 Å². The first-order chi connectivity index (χ1) is 15.2. The van der Waals surface area contributed by atoms with Gasteiger partial charge in [0.05, 0.1) is 6.04 Å². The fourth-order valence-electron chi connectivity index (χ4n) is 2.67. The van der Waals surface area contributed by atoms with Gasteiger partial charge in [0.25, 0.3) is 0 Å². The molecule has 186 valence electrons. The molecule has 0 aliphatic heterocycles. The molecule has 4 atom stereocenters. The summed E-state index contributed by atoms with van der Waals surface area (Å²) in [6.07, 6.45) is 5.90. The molecule has 0 saturated heterocycles. The molecule has 4 unspecified atom stereocenters. The number of thioether (sulfide) groups is 2. The van der Waals surface area contributed by atoms with Crippen LogP contribution in [0.5, 0.6) is 0 Å². The number of amides is 3. The van der Waals surface area contributed by atoms with E-state index in [9.17, 15) is 24.3 Å². The molecule has 0 heterocycles. The summed E-state index contributed by atoms with van der Waals surface area (Å²) in [7, 11) is 0. The molecule has 13 heteroatoms. The van der Waals surface area contributed by atoms with Crippen molar-refractivity contribution in [3.8, 4) is 0 Å². The SMILES string of the molecule is CSCCC(NC(=O)C(CCSC)NC(=O)C(CCCCN)NC(=O)C(N)CS)C(=O)O. The van der Waals surface area contributed by atoms with Crippen molar-refractivity contribution in [3.63, 3.8) is 0 Å². The molecule has 0 bridgehead atoms. The van der Waals surface area contributed by atoms with Crippen molar-refractivity contribution in [2.24, 2.45) is 11.5 Å². The first kappa shape index (κ1) is 30.9. The number of aliphatic carboxylic acids is 1. The molecule has 0 aliphatic rings. The van der Waals surface area contributed by atoms with E-state index in [1.165, 1.54) is 23.5 Å². The molecule has 0 aromatic carbocycles. The third kappa shape index (κ3) is 12.8. The molecule has 0 aromatic heterocycles. The van der Waals surface area contributed by atoms with Gasteiger partial charge >= 0.3 is 5.97 Å². The number of hydrogen-bond donors (Lipinski definition) is 7. The molecule has 10 nitrogen and oxygen atoms in total. The van der Waals surface area contributed by atoms with Crippen molar-refractivity contribution in [1.29, 1.82) is 0 Å². The highest BCUT2D eigenvalue weighted by Gasteiger charge is 2.29. The molecule has 0 rings (SSSR count). The van der Waals surface area contributed by atoms with Gasteiger partial charge in [-0.1, -0.05) is 0 Å². The predicted molar refractivity (Wildman–Crippen MR) is 134 cm³/mol. The minimum atomic E-state index is -1.13. The number of carbonyl (C=O) groups is 4. The highest BCUT2D eigenvalue weighted by atomic mass is 32.2. The first-order valence-corrected chi connectivity index (χ1v) is 13.8. The fourth-order valence-corrected chi connectivity index (χ4v) is 3.77. The number of unbranched alkanes of at least 4 members (excludes halogenated alkanes) is 1. The first-order valence-electron chi connectivity index (χ1n) is 10.4. The van der Waals surface area contributed by atoms with Gasteiger partial charge in [-0.15, -0.1) is 0 Å². The molecule has 8 N–H and O–H groups in total. The summed E-state index contributed by atoms with van der Waals surface area (Å²) >= 11 is 6.98. The lowest BCUT2D eigenvalue weighted by Crippen LogP contribution is -2.57. The molecule has 0 aromatic rings. The maximum absolute atomic E-state index is 12.9. The van der Waals surface area contributed by atoms with E-state index in [1.807, 2.05) is 12.5 Å². The number of hydrogen-bond acceptors (Lipinski definition) is 9. The molecule has 0 fully saturated rings. The quantitative estimate of drug-likeness (QED) is 0.0937. The van der Waals surface area contributed by atoms with Crippen LogP contribution in [0.25, 0.3) is 0 Å². The number of carboxylic acids is 1. The molecule has 3 amide bonds. The molecular formula is C19H37N5O5S3. The Morgan fingerprint density at radius 3 is 1.78 bits per heavy atom. The Morgan fingerprint density at radius 2 is 1.31 bits per heavy atom. The zero-order valence-corrected chi connectivity index (χ0v) is 21.2. The topological polar surface area (TPSA) is 177 Å². The van der Waals surface area contributed by atoms with Gasteiger partial charge in [-0.05, 0) is 62.7 Å². The maximum Gasteiger partial charge on any atom is 0.326 e. The van der Waals surface area contributed by atoms with Crippen molar-refractivity contribution < 1.29 is 24.3 Å². The van der Waals surface area contributed by atoms with Crippen LogP contribution in [0.15, 0.2) is 0 Å². The zero-order valence-electron chi connectivity index (χ0n) is 18.7. The number of carboxylic acid groups (broad SMARTS) is 1. The van der Waals surface area contributed by atoms with E-state index < -0.39 is 47.9 Å². The normalized spacial score (nSPS) is 14.7. The highest BCUT2D eigenvalue weighted by Crippen LogP contribution is 2.07. The molecule has 0 spiro atoms. The summed E-state index contributed by atoms with van der Waals surface area (Å²) in [6, 6.07) is -3.74. The Bertz CT molecular complexity index is 600. The summed E-state index contributed by atoms with van der Waals surface area (Å²) in [6.45, 7) is 0.448. The molecule has 0 radical (unpaired) electrons. The van der Waals surface area contributed by atoms with Crippen LogP contribution in [0.2, 0.25) is 0 Å². The lowest BCUT2D eigenvalue weighted by molar-refractivity contribution is -0.142. The Balaban J connectivity index is 5.35. The van der Waals surface area contributed by atoms with E-state index in [1.54, 1.807) is 0 Å². The van der Waals surface area contributed by atoms with Crippen molar-refractivity contribution in [3.05, 3.63) is 0 Å². The third-order valence-electron chi connectivity index (χ3n) is 4.58. The van der Waals surface area contributed by atoms with Crippen LogP contribution in [0, 0.1) is 0 Å². The Hall–Kier alpha value is -1.15. The largest absolute Gasteiger partial charge is 0.480 e. The summed E-state index contributed by atoms with van der Waals surface area (Å²) in [5, 5.41) is 17.2. The lowest BCUT2D eigenvalue weighted by Gasteiger charge is -2.25. The standard InChI is InChI=1S/C19H37N5O5S3/c1-31-9-6-14(18(27)24-15(19(28)29)7-10-32-2)23-17(26)13(5-3-4-8-20)22-16(25)12(21)11-30/h12-15,30H,3-11,20-21H2,1-2H3,(H,22,25)(H,23,26)(H,24,27)(H,28,29). The van der Waals surface area contributed by atoms with Crippen LogP contribution in [-0.4, -0.2) is 89.3 Å². The summed E-state index contributed by atoms with van der Waals surface area (Å²) < 4.78 is 0. The second-order valence-corrected chi connectivity index (χ2v) is 9.49. The van der Waals surface area contributed by atoms with Crippen molar-refractivity contribution in [2.45, 2.75) is 56.3 Å². The van der Waals surface area contributed by atoms with E-state index in [0.29, 0.717) is 43.7 Å². The summed E-state index contributed by atoms with van der Waals surface area (Å²) in [5.41, 5.74) is 11.2. The zero-order chi connectivity index (χ0) is 24.5. The number of rotatable bonds is 18. The monoisotopic (exact) mass is 511 g/mol. The Kier molecular flexibility index (Phi) is 17.6. The number of nitrogens with one attached hydrogen (secondary N) is 3. The van der Waals surface area contributed by atoms with Gasteiger partial charge in [0.1, 0.15) is 18.1 Å².